The van der Waals surface area contributed by atoms with Crippen LogP contribution in [0.2, 0.25) is 5.02 Å². The largest absolute Gasteiger partial charge is 0.491 e. The van der Waals surface area contributed by atoms with Crippen LogP contribution in [0.4, 0.5) is 4.79 Å². The molecule has 54 heavy (non-hydrogen) atoms. The average molecular weight is 786 g/mol. The number of pyridine rings is 1. The first-order valence-corrected chi connectivity index (χ1v) is 19.7. The van der Waals surface area contributed by atoms with Gasteiger partial charge in [-0.1, -0.05) is 55.7 Å². The summed E-state index contributed by atoms with van der Waals surface area (Å²) in [6.07, 6.45) is 0.337. The molecule has 17 heteroatoms. The first-order valence-electron chi connectivity index (χ1n) is 18.5. The Morgan fingerprint density at radius 3 is 2.50 bits per heavy atom. The first-order chi connectivity index (χ1) is 25.7. The number of nitrogens with one attached hydrogen (secondary N) is 1. The zero-order chi connectivity index (χ0) is 38.3. The Morgan fingerprint density at radius 1 is 1.09 bits per heavy atom. The number of nitrogens with zero attached hydrogens (tertiary/aromatic N) is 5. The monoisotopic (exact) mass is 785 g/mol. The summed E-state index contributed by atoms with van der Waals surface area (Å²) in [4.78, 5) is 48.5. The van der Waals surface area contributed by atoms with Crippen LogP contribution >= 0.6 is 22.9 Å². The predicted molar refractivity (Wildman–Crippen MR) is 200 cm³/mol. The molecule has 4 fully saturated rings. The molecule has 7 atom stereocenters. The van der Waals surface area contributed by atoms with E-state index < -0.39 is 41.5 Å². The van der Waals surface area contributed by atoms with E-state index >= 15 is 0 Å². The Kier molecular flexibility index (Phi) is 11.1. The molecule has 0 bridgehead atoms. The highest BCUT2D eigenvalue weighted by Crippen LogP contribution is 2.57. The minimum atomic E-state index is -0.988. The van der Waals surface area contributed by atoms with E-state index in [-0.39, 0.29) is 35.2 Å². The van der Waals surface area contributed by atoms with Crippen LogP contribution in [0.5, 0.6) is 22.6 Å². The Labute approximate surface area is 323 Å². The van der Waals surface area contributed by atoms with Crippen molar-refractivity contribution in [2.45, 2.75) is 78.2 Å². The van der Waals surface area contributed by atoms with Gasteiger partial charge >= 0.3 is 11.3 Å². The fraction of sp³-hybridized carbons (Fsp3) is 0.622. The Balaban J connectivity index is 1.10. The second-order valence-corrected chi connectivity index (χ2v) is 17.3. The van der Waals surface area contributed by atoms with Crippen molar-refractivity contribution < 1.29 is 38.1 Å². The smallest absolute Gasteiger partial charge is 0.408 e. The molecule has 4 aliphatic rings. The van der Waals surface area contributed by atoms with E-state index in [1.165, 1.54) is 16.2 Å². The molecule has 4 heterocycles. The highest BCUT2D eigenvalue weighted by molar-refractivity contribution is 7.13. The maximum Gasteiger partial charge on any atom is 0.408 e. The van der Waals surface area contributed by atoms with E-state index in [0.717, 1.165) is 25.9 Å². The number of amides is 3. The highest BCUT2D eigenvalue weighted by Gasteiger charge is 2.54. The van der Waals surface area contributed by atoms with Crippen LogP contribution in [0, 0.1) is 30.1 Å². The molecular weight excluding hydrogens is 738 g/mol. The third-order valence-corrected chi connectivity index (χ3v) is 12.0. The molecule has 15 nitrogen and oxygen atoms in total. The van der Waals surface area contributed by atoms with Gasteiger partial charge in [-0.2, -0.15) is 0 Å². The number of aryl methyl sites for hydroxylation is 1. The van der Waals surface area contributed by atoms with Crippen molar-refractivity contribution in [1.29, 1.82) is 0 Å². The number of likely N-dealkylation sites (tertiary alicyclic amines) is 1. The van der Waals surface area contributed by atoms with Gasteiger partial charge in [-0.15, -0.1) is 5.10 Å². The number of carbonyl (C=O) groups is 3. The topological polar surface area (TPSA) is 181 Å². The number of primary amides is 1. The van der Waals surface area contributed by atoms with Gasteiger partial charge in [-0.3, -0.25) is 14.5 Å². The van der Waals surface area contributed by atoms with E-state index in [0.29, 0.717) is 71.5 Å². The summed E-state index contributed by atoms with van der Waals surface area (Å²) in [7, 11) is 0. The summed E-state index contributed by atoms with van der Waals surface area (Å²) in [5.41, 5.74) is 5.54. The normalized spacial score (nSPS) is 25.9. The summed E-state index contributed by atoms with van der Waals surface area (Å²) in [5.74, 6) is 1.72. The first kappa shape index (κ1) is 38.3. The second kappa shape index (κ2) is 15.6. The fourth-order valence-corrected chi connectivity index (χ4v) is 8.68. The molecule has 1 unspecified atom stereocenters. The summed E-state index contributed by atoms with van der Waals surface area (Å²) >= 11 is 8.19. The van der Waals surface area contributed by atoms with Gasteiger partial charge in [0.15, 0.2) is 0 Å². The van der Waals surface area contributed by atoms with Crippen LogP contribution in [0.1, 0.15) is 52.0 Å². The van der Waals surface area contributed by atoms with Gasteiger partial charge < -0.3 is 39.6 Å². The second-order valence-electron chi connectivity index (χ2n) is 15.7. The lowest BCUT2D eigenvalue weighted by molar-refractivity contribution is -0.141. The molecule has 3 amide bonds. The molecule has 0 spiro atoms. The number of halogens is 1. The zero-order valence-corrected chi connectivity index (χ0v) is 32.8. The lowest BCUT2D eigenvalue weighted by Gasteiger charge is -2.35. The number of aromatic nitrogens is 3. The molecule has 2 saturated heterocycles. The van der Waals surface area contributed by atoms with E-state index in [2.05, 4.69) is 27.3 Å². The molecule has 7 rings (SSSR count). The van der Waals surface area contributed by atoms with Crippen LogP contribution in [-0.4, -0.2) is 113 Å². The molecule has 2 aromatic heterocycles. The maximum absolute atomic E-state index is 14.2. The highest BCUT2D eigenvalue weighted by atomic mass is 35.5. The minimum absolute atomic E-state index is 0.0334. The molecule has 2 aliphatic heterocycles. The molecule has 3 N–H and O–H groups in total. The molecule has 2 saturated carbocycles. The number of fused-ring (bicyclic) bond motifs is 2. The van der Waals surface area contributed by atoms with Crippen LogP contribution in [0.3, 0.4) is 0 Å². The molecule has 292 valence electrons. The number of hydrogen-bond donors (Lipinski definition) is 2. The van der Waals surface area contributed by atoms with E-state index in [4.69, 9.17) is 46.0 Å². The average Bonchev–Trinajstić information content (AvgIpc) is 3.58. The molecule has 1 aromatic carbocycles. The molecule has 3 aromatic rings. The van der Waals surface area contributed by atoms with Crippen LogP contribution < -0.4 is 25.3 Å². The molecular formula is C37H48ClN7O8S. The van der Waals surface area contributed by atoms with Crippen LogP contribution in [-0.2, 0) is 19.1 Å². The van der Waals surface area contributed by atoms with Crippen molar-refractivity contribution >= 4 is 51.7 Å². The quantitative estimate of drug-likeness (QED) is 0.262. The third kappa shape index (κ3) is 8.46. The van der Waals surface area contributed by atoms with Gasteiger partial charge in [0.25, 0.3) is 0 Å². The summed E-state index contributed by atoms with van der Waals surface area (Å²) < 4.78 is 29.8. The lowest BCUT2D eigenvalue weighted by Crippen LogP contribution is -2.57. The van der Waals surface area contributed by atoms with E-state index in [1.807, 2.05) is 27.7 Å². The van der Waals surface area contributed by atoms with Crippen molar-refractivity contribution in [3.63, 3.8) is 0 Å². The number of alkyl carbamates (subject to hydrolysis) is 1. The van der Waals surface area contributed by atoms with E-state index in [9.17, 15) is 14.4 Å². The van der Waals surface area contributed by atoms with Crippen molar-refractivity contribution in [3.05, 3.63) is 28.2 Å². The minimum Gasteiger partial charge on any atom is -0.491 e. The van der Waals surface area contributed by atoms with Crippen LogP contribution in [0.15, 0.2) is 18.2 Å². The maximum atomic E-state index is 14.2. The standard InChI is InChI=1S/C37H48ClN7O8S/c1-19-24-14-21(15-25(19)24)52-35(48)41-32(37(3,4)5)34(47)45-18-22(16-26(45)33(39)46)51-28-17-29(53-36-43-42-20(2)54-36)40-31-23(28)6-7-27(30(31)38)50-13-10-44-8-11-49-12-9-44/h6-7,17,19,21-22,24-26,32H,8-16,18H2,1-5H3,(H2,39,46)(H,41,48)/t19-,21+,22?,24+,25-,26-,32+/m0/s1. The van der Waals surface area contributed by atoms with Gasteiger partial charge in [0.05, 0.1) is 19.8 Å². The summed E-state index contributed by atoms with van der Waals surface area (Å²) in [6, 6.07) is 3.21. The Hall–Kier alpha value is -3.99. The number of ether oxygens (including phenoxy) is 5. The molecule has 0 radical (unpaired) electrons. The number of nitrogens with two attached hydrogens (primary N) is 1. The number of carbonyl (C=O) groups excluding carboxylic acids is 3. The fourth-order valence-electron chi connectivity index (χ4n) is 7.87. The predicted octanol–water partition coefficient (Wildman–Crippen LogP) is 4.57. The van der Waals surface area contributed by atoms with Gasteiger partial charge in [0.1, 0.15) is 57.9 Å². The summed E-state index contributed by atoms with van der Waals surface area (Å²) in [6.45, 7) is 13.8. The van der Waals surface area contributed by atoms with Crippen molar-refractivity contribution in [2.75, 3.05) is 46.0 Å². The summed E-state index contributed by atoms with van der Waals surface area (Å²) in [5, 5.41) is 12.7. The van der Waals surface area contributed by atoms with Gasteiger partial charge in [0.2, 0.25) is 17.7 Å². The Bertz CT molecular complexity index is 1870. The zero-order valence-electron chi connectivity index (χ0n) is 31.2. The number of hydrogen-bond acceptors (Lipinski definition) is 13. The third-order valence-electron chi connectivity index (χ3n) is 10.9. The number of benzene rings is 1. The van der Waals surface area contributed by atoms with Crippen molar-refractivity contribution in [3.8, 4) is 22.6 Å². The SMILES string of the molecule is Cc1nnc(Oc2cc(OC3C[C@@H](C(N)=O)N(C(=O)[C@@H](NC(=O)O[C@@H]4C[C@@H]5[C@H](C)[C@@H]5C4)C(C)(C)C)C3)c3ccc(OCCN4CCOCC4)c(Cl)c3n2)s1. The van der Waals surface area contributed by atoms with Crippen molar-refractivity contribution in [2.24, 2.45) is 28.9 Å². The van der Waals surface area contributed by atoms with E-state index in [1.54, 1.807) is 18.2 Å². The number of morpholine rings is 1. The number of rotatable bonds is 12. The van der Waals surface area contributed by atoms with Crippen molar-refractivity contribution in [1.82, 2.24) is 30.3 Å². The van der Waals surface area contributed by atoms with Gasteiger partial charge in [-0.05, 0) is 55.1 Å². The Morgan fingerprint density at radius 2 is 1.83 bits per heavy atom. The molecule has 2 aliphatic carbocycles. The van der Waals surface area contributed by atoms with Gasteiger partial charge in [-0.25, -0.2) is 9.78 Å². The van der Waals surface area contributed by atoms with Crippen LogP contribution in [0.25, 0.3) is 10.9 Å². The van der Waals surface area contributed by atoms with Gasteiger partial charge in [0, 0.05) is 37.5 Å². The lowest BCUT2D eigenvalue weighted by atomic mass is 9.85.